The summed E-state index contributed by atoms with van der Waals surface area (Å²) in [5, 5.41) is 3.23. The van der Waals surface area contributed by atoms with E-state index in [9.17, 15) is 4.79 Å². The summed E-state index contributed by atoms with van der Waals surface area (Å²) in [6.07, 6.45) is 1.00. The van der Waals surface area contributed by atoms with Gasteiger partial charge in [0.15, 0.2) is 0 Å². The van der Waals surface area contributed by atoms with Crippen LogP contribution < -0.4 is 10.2 Å². The van der Waals surface area contributed by atoms with E-state index >= 15 is 0 Å². The summed E-state index contributed by atoms with van der Waals surface area (Å²) < 4.78 is 0. The normalized spacial score (nSPS) is 10.2. The summed E-state index contributed by atoms with van der Waals surface area (Å²) in [5.41, 5.74) is 3.75. The molecule has 3 heteroatoms. The molecule has 0 heterocycles. The van der Waals surface area contributed by atoms with Gasteiger partial charge in [0.2, 0.25) is 0 Å². The zero-order valence-corrected chi connectivity index (χ0v) is 12.9. The first kappa shape index (κ1) is 15.1. The SMILES string of the molecule is CCNc1ccccc1C(=O)N(C)c1ccc(CC)cc1. The van der Waals surface area contributed by atoms with Crippen molar-refractivity contribution in [3.63, 3.8) is 0 Å². The van der Waals surface area contributed by atoms with E-state index in [-0.39, 0.29) is 5.91 Å². The van der Waals surface area contributed by atoms with Crippen LogP contribution in [0.1, 0.15) is 29.8 Å². The van der Waals surface area contributed by atoms with Gasteiger partial charge in [-0.2, -0.15) is 0 Å². The van der Waals surface area contributed by atoms with Crippen molar-refractivity contribution in [1.82, 2.24) is 0 Å². The molecule has 0 saturated heterocycles. The Bertz CT molecular complexity index is 605. The molecule has 110 valence electrons. The van der Waals surface area contributed by atoms with Crippen molar-refractivity contribution < 1.29 is 4.79 Å². The fourth-order valence-electron chi connectivity index (χ4n) is 2.27. The Morgan fingerprint density at radius 3 is 2.33 bits per heavy atom. The van der Waals surface area contributed by atoms with Gasteiger partial charge < -0.3 is 10.2 Å². The molecular formula is C18H22N2O. The second-order valence-electron chi connectivity index (χ2n) is 4.96. The molecule has 3 nitrogen and oxygen atoms in total. The predicted molar refractivity (Wildman–Crippen MR) is 89.2 cm³/mol. The molecule has 0 aromatic heterocycles. The van der Waals surface area contributed by atoms with E-state index in [4.69, 9.17) is 0 Å². The minimum atomic E-state index is -0.00389. The Balaban J connectivity index is 2.26. The molecule has 0 bridgehead atoms. The van der Waals surface area contributed by atoms with E-state index in [2.05, 4.69) is 24.4 Å². The molecule has 0 radical (unpaired) electrons. The largest absolute Gasteiger partial charge is 0.385 e. The molecule has 2 aromatic carbocycles. The molecule has 21 heavy (non-hydrogen) atoms. The van der Waals surface area contributed by atoms with Crippen molar-refractivity contribution in [3.05, 3.63) is 59.7 Å². The summed E-state index contributed by atoms with van der Waals surface area (Å²) in [6, 6.07) is 15.7. The number of benzene rings is 2. The third kappa shape index (κ3) is 3.43. The highest BCUT2D eigenvalue weighted by Crippen LogP contribution is 2.21. The number of hydrogen-bond donors (Lipinski definition) is 1. The Morgan fingerprint density at radius 2 is 1.71 bits per heavy atom. The molecule has 0 aliphatic rings. The smallest absolute Gasteiger partial charge is 0.260 e. The van der Waals surface area contributed by atoms with Crippen molar-refractivity contribution in [2.75, 3.05) is 23.8 Å². The van der Waals surface area contributed by atoms with Crippen molar-refractivity contribution in [2.24, 2.45) is 0 Å². The number of amides is 1. The lowest BCUT2D eigenvalue weighted by Crippen LogP contribution is -2.27. The molecule has 0 fully saturated rings. The lowest BCUT2D eigenvalue weighted by molar-refractivity contribution is 0.0994. The Kier molecular flexibility index (Phi) is 4.99. The zero-order chi connectivity index (χ0) is 15.2. The Hall–Kier alpha value is -2.29. The van der Waals surface area contributed by atoms with Crippen molar-refractivity contribution in [2.45, 2.75) is 20.3 Å². The van der Waals surface area contributed by atoms with Crippen LogP contribution in [0.2, 0.25) is 0 Å². The fourth-order valence-corrected chi connectivity index (χ4v) is 2.27. The van der Waals surface area contributed by atoms with Crippen LogP contribution in [-0.2, 0) is 6.42 Å². The summed E-state index contributed by atoms with van der Waals surface area (Å²) >= 11 is 0. The van der Waals surface area contributed by atoms with Crippen LogP contribution in [0, 0.1) is 0 Å². The summed E-state index contributed by atoms with van der Waals surface area (Å²) in [7, 11) is 1.81. The van der Waals surface area contributed by atoms with E-state index in [0.29, 0.717) is 5.56 Å². The summed E-state index contributed by atoms with van der Waals surface area (Å²) in [6.45, 7) is 4.93. The van der Waals surface area contributed by atoms with Gasteiger partial charge in [0, 0.05) is 25.0 Å². The molecule has 0 saturated carbocycles. The molecule has 0 aliphatic heterocycles. The van der Waals surface area contributed by atoms with Crippen LogP contribution in [0.4, 0.5) is 11.4 Å². The number of nitrogens with one attached hydrogen (secondary N) is 1. The molecule has 0 spiro atoms. The second kappa shape index (κ2) is 6.93. The van der Waals surface area contributed by atoms with Crippen LogP contribution >= 0.6 is 0 Å². The number of anilines is 2. The second-order valence-corrected chi connectivity index (χ2v) is 4.96. The Morgan fingerprint density at radius 1 is 1.05 bits per heavy atom. The van der Waals surface area contributed by atoms with E-state index in [1.165, 1.54) is 5.56 Å². The van der Waals surface area contributed by atoms with Crippen LogP contribution in [-0.4, -0.2) is 19.5 Å². The standard InChI is InChI=1S/C18H22N2O/c1-4-14-10-12-15(13-11-14)20(3)18(21)16-8-6-7-9-17(16)19-5-2/h6-13,19H,4-5H2,1-3H3. The third-order valence-electron chi connectivity index (χ3n) is 3.56. The van der Waals surface area contributed by atoms with Crippen LogP contribution in [0.5, 0.6) is 0 Å². The molecule has 0 unspecified atom stereocenters. The number of aryl methyl sites for hydroxylation is 1. The maximum atomic E-state index is 12.7. The highest BCUT2D eigenvalue weighted by atomic mass is 16.2. The number of carbonyl (C=O) groups excluding carboxylic acids is 1. The first-order chi connectivity index (χ1) is 10.2. The number of rotatable bonds is 5. The average Bonchev–Trinajstić information content (AvgIpc) is 2.54. The predicted octanol–water partition coefficient (Wildman–Crippen LogP) is 3.96. The quantitative estimate of drug-likeness (QED) is 0.900. The summed E-state index contributed by atoms with van der Waals surface area (Å²) in [4.78, 5) is 14.4. The van der Waals surface area contributed by atoms with Crippen LogP contribution in [0.3, 0.4) is 0 Å². The molecule has 1 amide bonds. The van der Waals surface area contributed by atoms with Gasteiger partial charge in [0.05, 0.1) is 5.56 Å². The number of hydrogen-bond acceptors (Lipinski definition) is 2. The van der Waals surface area contributed by atoms with Gasteiger partial charge in [0.25, 0.3) is 5.91 Å². The molecule has 2 aromatic rings. The van der Waals surface area contributed by atoms with E-state index in [1.54, 1.807) is 4.90 Å². The zero-order valence-electron chi connectivity index (χ0n) is 12.9. The van der Waals surface area contributed by atoms with Gasteiger partial charge in [-0.15, -0.1) is 0 Å². The third-order valence-corrected chi connectivity index (χ3v) is 3.56. The monoisotopic (exact) mass is 282 g/mol. The first-order valence-electron chi connectivity index (χ1n) is 7.37. The van der Waals surface area contributed by atoms with Crippen LogP contribution in [0.15, 0.2) is 48.5 Å². The maximum absolute atomic E-state index is 12.7. The van der Waals surface area contributed by atoms with E-state index in [0.717, 1.165) is 24.3 Å². The Labute approximate surface area is 126 Å². The van der Waals surface area contributed by atoms with E-state index in [1.807, 2.05) is 50.4 Å². The van der Waals surface area contributed by atoms with Gasteiger partial charge in [-0.1, -0.05) is 31.2 Å². The van der Waals surface area contributed by atoms with Crippen molar-refractivity contribution in [3.8, 4) is 0 Å². The van der Waals surface area contributed by atoms with Crippen molar-refractivity contribution in [1.29, 1.82) is 0 Å². The average molecular weight is 282 g/mol. The summed E-state index contributed by atoms with van der Waals surface area (Å²) in [5.74, 6) is -0.00389. The fraction of sp³-hybridized carbons (Fsp3) is 0.278. The minimum absolute atomic E-state index is 0.00389. The van der Waals surface area contributed by atoms with Gasteiger partial charge >= 0.3 is 0 Å². The molecular weight excluding hydrogens is 260 g/mol. The van der Waals surface area contributed by atoms with Gasteiger partial charge in [-0.25, -0.2) is 0 Å². The number of nitrogens with zero attached hydrogens (tertiary/aromatic N) is 1. The van der Waals surface area contributed by atoms with Crippen LogP contribution in [0.25, 0.3) is 0 Å². The molecule has 0 atom stereocenters. The number of carbonyl (C=O) groups is 1. The molecule has 2 rings (SSSR count). The molecule has 1 N–H and O–H groups in total. The van der Waals surface area contributed by atoms with Gasteiger partial charge in [0.1, 0.15) is 0 Å². The molecule has 0 aliphatic carbocycles. The van der Waals surface area contributed by atoms with Crippen molar-refractivity contribution >= 4 is 17.3 Å². The lowest BCUT2D eigenvalue weighted by Gasteiger charge is -2.19. The minimum Gasteiger partial charge on any atom is -0.385 e. The van der Waals surface area contributed by atoms with Gasteiger partial charge in [-0.3, -0.25) is 4.79 Å². The highest BCUT2D eigenvalue weighted by Gasteiger charge is 2.16. The first-order valence-corrected chi connectivity index (χ1v) is 7.37. The lowest BCUT2D eigenvalue weighted by atomic mass is 10.1. The van der Waals surface area contributed by atoms with Gasteiger partial charge in [-0.05, 0) is 43.2 Å². The maximum Gasteiger partial charge on any atom is 0.260 e. The van der Waals surface area contributed by atoms with E-state index < -0.39 is 0 Å². The number of para-hydroxylation sites is 1. The highest BCUT2D eigenvalue weighted by molar-refractivity contribution is 6.09. The topological polar surface area (TPSA) is 32.3 Å².